The van der Waals surface area contributed by atoms with Gasteiger partial charge in [-0.05, 0) is 26.0 Å². The van der Waals surface area contributed by atoms with Crippen LogP contribution in [-0.4, -0.2) is 83.5 Å². The summed E-state index contributed by atoms with van der Waals surface area (Å²) in [6.45, 7) is 8.73. The van der Waals surface area contributed by atoms with Crippen LogP contribution in [0.4, 0.5) is 5.69 Å². The summed E-state index contributed by atoms with van der Waals surface area (Å²) in [6, 6.07) is 1.26. The number of hydrogen-bond donors (Lipinski definition) is 2. The number of primary amides is 1. The number of nitrogens with two attached hydrogens (primary N) is 1. The first-order chi connectivity index (χ1) is 16.6. The second-order valence-corrected chi connectivity index (χ2v) is 10.1. The summed E-state index contributed by atoms with van der Waals surface area (Å²) in [6.07, 6.45) is 2.43. The Morgan fingerprint density at radius 1 is 1.17 bits per heavy atom. The average molecular weight is 508 g/mol. The van der Waals surface area contributed by atoms with E-state index < -0.39 is 21.8 Å². The van der Waals surface area contributed by atoms with Crippen LogP contribution in [0.15, 0.2) is 17.2 Å². The fourth-order valence-electron chi connectivity index (χ4n) is 4.01. The summed E-state index contributed by atoms with van der Waals surface area (Å²) in [4.78, 5) is 31.6. The molecule has 3 heterocycles. The molecule has 0 aliphatic carbocycles. The smallest absolute Gasteiger partial charge is 0.269 e. The number of amides is 2. The molecule has 0 saturated carbocycles. The molecule has 1 aliphatic rings. The zero-order valence-corrected chi connectivity index (χ0v) is 21.4. The highest BCUT2D eigenvalue weighted by Gasteiger charge is 2.31. The van der Waals surface area contributed by atoms with Gasteiger partial charge in [0.2, 0.25) is 15.9 Å². The molecule has 13 heteroatoms. The number of rotatable bonds is 10. The van der Waals surface area contributed by atoms with Crippen LogP contribution in [0.25, 0.3) is 0 Å². The van der Waals surface area contributed by atoms with E-state index in [4.69, 9.17) is 10.5 Å². The fraction of sp³-hybridized carbons (Fsp3) is 0.545. The largest absolute Gasteiger partial charge is 0.477 e. The number of aryl methyl sites for hydroxylation is 2. The minimum Gasteiger partial charge on any atom is -0.477 e. The van der Waals surface area contributed by atoms with E-state index in [2.05, 4.69) is 20.3 Å². The number of ether oxygens (including phenoxy) is 1. The quantitative estimate of drug-likeness (QED) is 0.480. The lowest BCUT2D eigenvalue weighted by Gasteiger charge is -2.33. The lowest BCUT2D eigenvalue weighted by Crippen LogP contribution is -2.48. The van der Waals surface area contributed by atoms with Gasteiger partial charge in [-0.1, -0.05) is 20.3 Å². The normalized spacial score (nSPS) is 15.2. The van der Waals surface area contributed by atoms with Crippen molar-refractivity contribution in [1.29, 1.82) is 0 Å². The third-order valence-corrected chi connectivity index (χ3v) is 7.71. The lowest BCUT2D eigenvalue weighted by atomic mass is 10.1. The minimum atomic E-state index is -3.87. The van der Waals surface area contributed by atoms with Gasteiger partial charge in [-0.15, -0.1) is 0 Å². The molecule has 3 rings (SSSR count). The van der Waals surface area contributed by atoms with Gasteiger partial charge < -0.3 is 20.7 Å². The van der Waals surface area contributed by atoms with Gasteiger partial charge in [0, 0.05) is 33.2 Å². The Labute approximate surface area is 205 Å². The average Bonchev–Trinajstić information content (AvgIpc) is 3.14. The zero-order valence-electron chi connectivity index (χ0n) is 20.6. The van der Waals surface area contributed by atoms with Crippen LogP contribution in [0.5, 0.6) is 5.88 Å². The van der Waals surface area contributed by atoms with E-state index in [0.717, 1.165) is 13.0 Å². The third-order valence-electron chi connectivity index (χ3n) is 5.85. The first kappa shape index (κ1) is 26.6. The first-order valence-electron chi connectivity index (χ1n) is 11.7. The SMILES string of the molecule is CCCc1nn(C)c(C(N)=O)c1NC(=O)c1cc(S(=O)(=O)N2CCN(CC)CC2)cnc1OCC. The van der Waals surface area contributed by atoms with Gasteiger partial charge in [-0.3, -0.25) is 14.3 Å². The van der Waals surface area contributed by atoms with Gasteiger partial charge in [-0.2, -0.15) is 9.40 Å². The third kappa shape index (κ3) is 5.63. The molecule has 0 atom stereocenters. The second-order valence-electron chi connectivity index (χ2n) is 8.16. The van der Waals surface area contributed by atoms with E-state index in [9.17, 15) is 18.0 Å². The number of carbonyl (C=O) groups is 2. The Hall–Kier alpha value is -3.03. The van der Waals surface area contributed by atoms with Crippen LogP contribution < -0.4 is 15.8 Å². The number of nitrogens with one attached hydrogen (secondary N) is 1. The van der Waals surface area contributed by atoms with Crippen molar-refractivity contribution in [2.75, 3.05) is 44.6 Å². The Kier molecular flexibility index (Phi) is 8.46. The maximum Gasteiger partial charge on any atom is 0.269 e. The van der Waals surface area contributed by atoms with Crippen molar-refractivity contribution in [3.8, 4) is 5.88 Å². The predicted molar refractivity (Wildman–Crippen MR) is 130 cm³/mol. The van der Waals surface area contributed by atoms with E-state index in [1.165, 1.54) is 21.3 Å². The van der Waals surface area contributed by atoms with Crippen LogP contribution in [0.2, 0.25) is 0 Å². The molecule has 1 aliphatic heterocycles. The van der Waals surface area contributed by atoms with Gasteiger partial charge in [0.1, 0.15) is 16.2 Å². The molecule has 0 aromatic carbocycles. The monoisotopic (exact) mass is 507 g/mol. The van der Waals surface area contributed by atoms with Crippen LogP contribution >= 0.6 is 0 Å². The topological polar surface area (TPSA) is 153 Å². The summed E-state index contributed by atoms with van der Waals surface area (Å²) in [5.74, 6) is -1.44. The van der Waals surface area contributed by atoms with Crippen molar-refractivity contribution in [2.24, 2.45) is 12.8 Å². The van der Waals surface area contributed by atoms with Gasteiger partial charge in [0.25, 0.3) is 11.8 Å². The maximum absolute atomic E-state index is 13.4. The molecule has 2 aromatic heterocycles. The number of aromatic nitrogens is 3. The van der Waals surface area contributed by atoms with Crippen LogP contribution in [0, 0.1) is 0 Å². The van der Waals surface area contributed by atoms with Crippen molar-refractivity contribution in [1.82, 2.24) is 24.0 Å². The highest BCUT2D eigenvalue weighted by atomic mass is 32.2. The van der Waals surface area contributed by atoms with Crippen molar-refractivity contribution >= 4 is 27.5 Å². The Balaban J connectivity index is 1.98. The molecule has 2 aromatic rings. The van der Waals surface area contributed by atoms with Crippen molar-refractivity contribution in [2.45, 2.75) is 38.5 Å². The molecule has 35 heavy (non-hydrogen) atoms. The zero-order chi connectivity index (χ0) is 25.8. The fourth-order valence-corrected chi connectivity index (χ4v) is 5.40. The number of sulfonamides is 1. The number of likely N-dealkylation sites (N-methyl/N-ethyl adjacent to an activating group) is 1. The second kappa shape index (κ2) is 11.1. The standard InChI is InChI=1S/C22H33N7O5S/c1-5-8-17-18(19(20(23)30)27(4)26-17)25-21(31)16-13-15(14-24-22(16)34-7-3)35(32,33)29-11-9-28(6-2)10-12-29/h13-14H,5-12H2,1-4H3,(H2,23,30)(H,25,31). The van der Waals surface area contributed by atoms with E-state index >= 15 is 0 Å². The van der Waals surface area contributed by atoms with Crippen LogP contribution in [-0.2, 0) is 23.5 Å². The lowest BCUT2D eigenvalue weighted by molar-refractivity contribution is 0.0992. The van der Waals surface area contributed by atoms with E-state index in [1.807, 2.05) is 13.8 Å². The van der Waals surface area contributed by atoms with Crippen molar-refractivity contribution in [3.05, 3.63) is 29.2 Å². The summed E-state index contributed by atoms with van der Waals surface area (Å²) in [5.41, 5.74) is 6.20. The van der Waals surface area contributed by atoms with Gasteiger partial charge in [0.15, 0.2) is 0 Å². The van der Waals surface area contributed by atoms with E-state index in [1.54, 1.807) is 14.0 Å². The molecule has 2 amide bonds. The molecule has 1 fully saturated rings. The van der Waals surface area contributed by atoms with E-state index in [-0.39, 0.29) is 34.3 Å². The Morgan fingerprint density at radius 3 is 2.43 bits per heavy atom. The highest BCUT2D eigenvalue weighted by molar-refractivity contribution is 7.89. The number of nitrogens with zero attached hydrogens (tertiary/aromatic N) is 5. The number of carbonyl (C=O) groups excluding carboxylic acids is 2. The molecule has 1 saturated heterocycles. The Morgan fingerprint density at radius 2 is 1.86 bits per heavy atom. The number of piperazine rings is 1. The molecule has 0 bridgehead atoms. The van der Waals surface area contributed by atoms with Gasteiger partial charge >= 0.3 is 0 Å². The molecule has 12 nitrogen and oxygen atoms in total. The van der Waals surface area contributed by atoms with E-state index in [0.29, 0.717) is 38.3 Å². The minimum absolute atomic E-state index is 0.0127. The molecule has 192 valence electrons. The first-order valence-corrected chi connectivity index (χ1v) is 13.1. The molecule has 0 radical (unpaired) electrons. The molecular formula is C22H33N7O5S. The summed E-state index contributed by atoms with van der Waals surface area (Å²) in [7, 11) is -2.31. The summed E-state index contributed by atoms with van der Waals surface area (Å²) < 4.78 is 34.8. The van der Waals surface area contributed by atoms with Crippen LogP contribution in [0.3, 0.4) is 0 Å². The van der Waals surface area contributed by atoms with Gasteiger partial charge in [-0.25, -0.2) is 13.4 Å². The molecule has 0 unspecified atom stereocenters. The molecular weight excluding hydrogens is 474 g/mol. The maximum atomic E-state index is 13.4. The number of pyridine rings is 1. The van der Waals surface area contributed by atoms with Crippen molar-refractivity contribution in [3.63, 3.8) is 0 Å². The predicted octanol–water partition coefficient (Wildman–Crippen LogP) is 0.844. The van der Waals surface area contributed by atoms with Crippen LogP contribution in [0.1, 0.15) is 53.7 Å². The number of anilines is 1. The summed E-state index contributed by atoms with van der Waals surface area (Å²) in [5, 5.41) is 7.00. The highest BCUT2D eigenvalue weighted by Crippen LogP contribution is 2.27. The molecule has 0 spiro atoms. The number of hydrogen-bond acceptors (Lipinski definition) is 8. The van der Waals surface area contributed by atoms with Gasteiger partial charge in [0.05, 0.1) is 24.2 Å². The molecule has 3 N–H and O–H groups in total. The van der Waals surface area contributed by atoms with Crippen molar-refractivity contribution < 1.29 is 22.7 Å². The Bertz CT molecular complexity index is 1190. The summed E-state index contributed by atoms with van der Waals surface area (Å²) >= 11 is 0.